The Kier molecular flexibility index (Phi) is 5.19. The lowest BCUT2D eigenvalue weighted by atomic mass is 10.3. The standard InChI is InChI=1S/C10H13Cl2NO2/c1-13-7(5-14)6-15-8-2-3-9(11)10(12)4-8/h2-4,7,13-14H,5-6H2,1H3. The predicted octanol–water partition coefficient (Wildman–Crippen LogP) is 1.95. The maximum atomic E-state index is 8.91. The Hall–Kier alpha value is -0.480. The van der Waals surface area contributed by atoms with E-state index in [-0.39, 0.29) is 12.6 Å². The second-order valence-electron chi connectivity index (χ2n) is 3.06. The predicted molar refractivity (Wildman–Crippen MR) is 61.9 cm³/mol. The number of aliphatic hydroxyl groups excluding tert-OH is 1. The monoisotopic (exact) mass is 249 g/mol. The van der Waals surface area contributed by atoms with Crippen LogP contribution >= 0.6 is 23.2 Å². The van der Waals surface area contributed by atoms with Crippen molar-refractivity contribution in [3.05, 3.63) is 28.2 Å². The lowest BCUT2D eigenvalue weighted by molar-refractivity contribution is 0.189. The number of aliphatic hydroxyl groups is 1. The number of hydrogen-bond acceptors (Lipinski definition) is 3. The number of halogens is 2. The van der Waals surface area contributed by atoms with Gasteiger partial charge in [0.15, 0.2) is 0 Å². The van der Waals surface area contributed by atoms with Gasteiger partial charge < -0.3 is 15.2 Å². The number of benzene rings is 1. The fourth-order valence-electron chi connectivity index (χ4n) is 0.991. The van der Waals surface area contributed by atoms with Crippen molar-refractivity contribution in [2.24, 2.45) is 0 Å². The molecule has 5 heteroatoms. The second kappa shape index (κ2) is 6.18. The van der Waals surface area contributed by atoms with Gasteiger partial charge in [0.25, 0.3) is 0 Å². The molecule has 84 valence electrons. The molecular weight excluding hydrogens is 237 g/mol. The van der Waals surface area contributed by atoms with Crippen molar-refractivity contribution in [2.75, 3.05) is 20.3 Å². The van der Waals surface area contributed by atoms with Gasteiger partial charge in [0.2, 0.25) is 0 Å². The zero-order valence-electron chi connectivity index (χ0n) is 8.34. The zero-order chi connectivity index (χ0) is 11.3. The van der Waals surface area contributed by atoms with E-state index in [4.69, 9.17) is 33.0 Å². The second-order valence-corrected chi connectivity index (χ2v) is 3.87. The Morgan fingerprint density at radius 3 is 2.67 bits per heavy atom. The molecule has 0 saturated carbocycles. The summed E-state index contributed by atoms with van der Waals surface area (Å²) >= 11 is 11.6. The Morgan fingerprint density at radius 1 is 1.40 bits per heavy atom. The Balaban J connectivity index is 2.54. The SMILES string of the molecule is CNC(CO)COc1ccc(Cl)c(Cl)c1. The number of likely N-dealkylation sites (N-methyl/N-ethyl adjacent to an activating group) is 1. The molecule has 0 amide bonds. The van der Waals surface area contributed by atoms with E-state index in [1.807, 2.05) is 0 Å². The largest absolute Gasteiger partial charge is 0.492 e. The molecule has 0 aliphatic carbocycles. The van der Waals surface area contributed by atoms with Gasteiger partial charge in [0.1, 0.15) is 12.4 Å². The van der Waals surface area contributed by atoms with Gasteiger partial charge in [0, 0.05) is 6.07 Å². The molecule has 1 unspecified atom stereocenters. The van der Waals surface area contributed by atoms with Crippen LogP contribution in [0.25, 0.3) is 0 Å². The summed E-state index contributed by atoms with van der Waals surface area (Å²) < 4.78 is 5.42. The maximum Gasteiger partial charge on any atom is 0.120 e. The van der Waals surface area contributed by atoms with E-state index in [9.17, 15) is 0 Å². The van der Waals surface area contributed by atoms with E-state index in [2.05, 4.69) is 5.32 Å². The van der Waals surface area contributed by atoms with Crippen LogP contribution in [0, 0.1) is 0 Å². The first-order valence-electron chi connectivity index (χ1n) is 4.53. The molecule has 1 aromatic rings. The first kappa shape index (κ1) is 12.6. The highest BCUT2D eigenvalue weighted by Gasteiger charge is 2.06. The van der Waals surface area contributed by atoms with Gasteiger partial charge in [-0.05, 0) is 19.2 Å². The van der Waals surface area contributed by atoms with Gasteiger partial charge in [-0.2, -0.15) is 0 Å². The van der Waals surface area contributed by atoms with Gasteiger partial charge in [0.05, 0.1) is 22.7 Å². The van der Waals surface area contributed by atoms with Gasteiger partial charge in [-0.15, -0.1) is 0 Å². The molecule has 1 aromatic carbocycles. The van der Waals surface area contributed by atoms with Gasteiger partial charge in [-0.25, -0.2) is 0 Å². The van der Waals surface area contributed by atoms with E-state index in [0.717, 1.165) is 0 Å². The van der Waals surface area contributed by atoms with Crippen molar-refractivity contribution in [2.45, 2.75) is 6.04 Å². The summed E-state index contributed by atoms with van der Waals surface area (Å²) in [6.45, 7) is 0.406. The molecule has 0 aliphatic heterocycles. The van der Waals surface area contributed by atoms with E-state index in [1.165, 1.54) is 0 Å². The number of nitrogens with one attached hydrogen (secondary N) is 1. The van der Waals surface area contributed by atoms with Crippen molar-refractivity contribution >= 4 is 23.2 Å². The summed E-state index contributed by atoms with van der Waals surface area (Å²) in [4.78, 5) is 0. The Morgan fingerprint density at radius 2 is 2.13 bits per heavy atom. The van der Waals surface area contributed by atoms with Crippen LogP contribution in [0.5, 0.6) is 5.75 Å². The van der Waals surface area contributed by atoms with E-state index in [0.29, 0.717) is 22.4 Å². The number of ether oxygens (including phenoxy) is 1. The summed E-state index contributed by atoms with van der Waals surface area (Å²) in [5, 5.41) is 12.8. The summed E-state index contributed by atoms with van der Waals surface area (Å²) in [6.07, 6.45) is 0. The number of hydrogen-bond donors (Lipinski definition) is 2. The minimum Gasteiger partial charge on any atom is -0.492 e. The summed E-state index contributed by atoms with van der Waals surface area (Å²) in [7, 11) is 1.76. The van der Waals surface area contributed by atoms with Gasteiger partial charge in [-0.3, -0.25) is 0 Å². The molecule has 1 rings (SSSR count). The summed E-state index contributed by atoms with van der Waals surface area (Å²) in [5.41, 5.74) is 0. The average molecular weight is 250 g/mol. The fraction of sp³-hybridized carbons (Fsp3) is 0.400. The first-order chi connectivity index (χ1) is 7.17. The molecular formula is C10H13Cl2NO2. The molecule has 0 aromatic heterocycles. The highest BCUT2D eigenvalue weighted by molar-refractivity contribution is 6.42. The van der Waals surface area contributed by atoms with Crippen molar-refractivity contribution in [3.8, 4) is 5.75 Å². The van der Waals surface area contributed by atoms with Crippen LogP contribution < -0.4 is 10.1 Å². The molecule has 2 N–H and O–H groups in total. The molecule has 0 fully saturated rings. The molecule has 0 spiro atoms. The van der Waals surface area contributed by atoms with E-state index < -0.39 is 0 Å². The third-order valence-electron chi connectivity index (χ3n) is 1.97. The fourth-order valence-corrected chi connectivity index (χ4v) is 1.28. The van der Waals surface area contributed by atoms with Crippen LogP contribution in [0.3, 0.4) is 0 Å². The van der Waals surface area contributed by atoms with Crippen LogP contribution in [-0.4, -0.2) is 31.4 Å². The lowest BCUT2D eigenvalue weighted by Gasteiger charge is -2.14. The molecule has 0 heterocycles. The smallest absolute Gasteiger partial charge is 0.120 e. The molecule has 1 atom stereocenters. The van der Waals surface area contributed by atoms with E-state index >= 15 is 0 Å². The highest BCUT2D eigenvalue weighted by Crippen LogP contribution is 2.26. The van der Waals surface area contributed by atoms with Gasteiger partial charge in [-0.1, -0.05) is 23.2 Å². The molecule has 0 saturated heterocycles. The van der Waals surface area contributed by atoms with Crippen molar-refractivity contribution in [1.29, 1.82) is 0 Å². The summed E-state index contributed by atoms with van der Waals surface area (Å²) in [5.74, 6) is 0.637. The normalized spacial score (nSPS) is 12.5. The molecule has 0 aliphatic rings. The molecule has 0 radical (unpaired) electrons. The van der Waals surface area contributed by atoms with Crippen LogP contribution in [0.4, 0.5) is 0 Å². The topological polar surface area (TPSA) is 41.5 Å². The van der Waals surface area contributed by atoms with Crippen LogP contribution in [0.2, 0.25) is 10.0 Å². The van der Waals surface area contributed by atoms with Crippen LogP contribution in [-0.2, 0) is 0 Å². The zero-order valence-corrected chi connectivity index (χ0v) is 9.85. The quantitative estimate of drug-likeness (QED) is 0.839. The number of rotatable bonds is 5. The minimum absolute atomic E-state index is 0.0256. The Bertz CT molecular complexity index is 316. The van der Waals surface area contributed by atoms with Crippen molar-refractivity contribution < 1.29 is 9.84 Å². The minimum atomic E-state index is -0.0838. The van der Waals surface area contributed by atoms with Crippen molar-refractivity contribution in [1.82, 2.24) is 5.32 Å². The van der Waals surface area contributed by atoms with Crippen molar-refractivity contribution in [3.63, 3.8) is 0 Å². The average Bonchev–Trinajstić information content (AvgIpc) is 2.24. The van der Waals surface area contributed by atoms with Gasteiger partial charge >= 0.3 is 0 Å². The van der Waals surface area contributed by atoms with Crippen LogP contribution in [0.1, 0.15) is 0 Å². The van der Waals surface area contributed by atoms with Crippen LogP contribution in [0.15, 0.2) is 18.2 Å². The highest BCUT2D eigenvalue weighted by atomic mass is 35.5. The molecule has 0 bridgehead atoms. The first-order valence-corrected chi connectivity index (χ1v) is 5.29. The lowest BCUT2D eigenvalue weighted by Crippen LogP contribution is -2.34. The molecule has 3 nitrogen and oxygen atoms in total. The third-order valence-corrected chi connectivity index (χ3v) is 2.71. The third kappa shape index (κ3) is 3.87. The summed E-state index contributed by atoms with van der Waals surface area (Å²) in [6, 6.07) is 4.97. The Labute approximate surface area is 99.0 Å². The molecule has 15 heavy (non-hydrogen) atoms. The van der Waals surface area contributed by atoms with E-state index in [1.54, 1.807) is 25.2 Å². The maximum absolute atomic E-state index is 8.91.